The summed E-state index contributed by atoms with van der Waals surface area (Å²) in [6, 6.07) is 5.08. The molecule has 0 spiro atoms. The van der Waals surface area contributed by atoms with Crippen molar-refractivity contribution in [3.05, 3.63) is 42.2 Å². The van der Waals surface area contributed by atoms with E-state index in [1.807, 2.05) is 12.1 Å². The molecule has 0 aromatic heterocycles. The summed E-state index contributed by atoms with van der Waals surface area (Å²) in [6.45, 7) is 7.57. The molecule has 0 bridgehead atoms. The SMILES string of the molecule is C=CCC[C@@H](c1cc(OC)ccc1F)N1CCNCC1. The number of hydrogen-bond donors (Lipinski definition) is 1. The largest absolute Gasteiger partial charge is 0.497 e. The molecule has 1 N–H and O–H groups in total. The van der Waals surface area contributed by atoms with Crippen molar-refractivity contribution in [3.63, 3.8) is 0 Å². The van der Waals surface area contributed by atoms with E-state index in [9.17, 15) is 4.39 Å². The van der Waals surface area contributed by atoms with Gasteiger partial charge in [0.1, 0.15) is 11.6 Å². The average molecular weight is 278 g/mol. The Morgan fingerprint density at radius 1 is 1.45 bits per heavy atom. The van der Waals surface area contributed by atoms with Gasteiger partial charge in [0, 0.05) is 37.8 Å². The first-order valence-corrected chi connectivity index (χ1v) is 7.15. The molecule has 1 atom stereocenters. The van der Waals surface area contributed by atoms with E-state index >= 15 is 0 Å². The lowest BCUT2D eigenvalue weighted by molar-refractivity contribution is 0.163. The number of allylic oxidation sites excluding steroid dienone is 1. The highest BCUT2D eigenvalue weighted by atomic mass is 19.1. The highest BCUT2D eigenvalue weighted by Crippen LogP contribution is 2.30. The van der Waals surface area contributed by atoms with Crippen LogP contribution in [0, 0.1) is 5.82 Å². The second-order valence-corrected chi connectivity index (χ2v) is 5.06. The minimum atomic E-state index is -0.154. The highest BCUT2D eigenvalue weighted by molar-refractivity contribution is 5.32. The number of hydrogen-bond acceptors (Lipinski definition) is 3. The molecule has 110 valence electrons. The Morgan fingerprint density at radius 2 is 2.20 bits per heavy atom. The number of rotatable bonds is 6. The van der Waals surface area contributed by atoms with Gasteiger partial charge < -0.3 is 10.1 Å². The minimum absolute atomic E-state index is 0.0881. The van der Waals surface area contributed by atoms with Crippen LogP contribution in [0.4, 0.5) is 4.39 Å². The molecule has 1 aliphatic heterocycles. The van der Waals surface area contributed by atoms with Crippen LogP contribution in [0.5, 0.6) is 5.75 Å². The molecule has 1 aromatic rings. The van der Waals surface area contributed by atoms with Crippen molar-refractivity contribution in [2.45, 2.75) is 18.9 Å². The fourth-order valence-electron chi connectivity index (χ4n) is 2.71. The number of halogens is 1. The van der Waals surface area contributed by atoms with Gasteiger partial charge in [0.2, 0.25) is 0 Å². The maximum absolute atomic E-state index is 14.2. The molecule has 0 aliphatic carbocycles. The molecule has 20 heavy (non-hydrogen) atoms. The van der Waals surface area contributed by atoms with Crippen LogP contribution in [0.2, 0.25) is 0 Å². The van der Waals surface area contributed by atoms with Crippen molar-refractivity contribution in [2.75, 3.05) is 33.3 Å². The van der Waals surface area contributed by atoms with Crippen molar-refractivity contribution in [2.24, 2.45) is 0 Å². The molecule has 1 aromatic carbocycles. The van der Waals surface area contributed by atoms with Crippen LogP contribution in [-0.4, -0.2) is 38.2 Å². The van der Waals surface area contributed by atoms with Crippen LogP contribution < -0.4 is 10.1 Å². The summed E-state index contributed by atoms with van der Waals surface area (Å²) < 4.78 is 19.4. The molecular weight excluding hydrogens is 255 g/mol. The topological polar surface area (TPSA) is 24.5 Å². The lowest BCUT2D eigenvalue weighted by Crippen LogP contribution is -2.45. The van der Waals surface area contributed by atoms with Gasteiger partial charge in [-0.1, -0.05) is 6.08 Å². The predicted molar refractivity (Wildman–Crippen MR) is 79.6 cm³/mol. The third-order valence-electron chi connectivity index (χ3n) is 3.80. The molecule has 0 amide bonds. The van der Waals surface area contributed by atoms with E-state index < -0.39 is 0 Å². The van der Waals surface area contributed by atoms with Crippen molar-refractivity contribution < 1.29 is 9.13 Å². The molecular formula is C16H23FN2O. The Balaban J connectivity index is 2.26. The maximum atomic E-state index is 14.2. The smallest absolute Gasteiger partial charge is 0.128 e. The van der Waals surface area contributed by atoms with Gasteiger partial charge in [0.15, 0.2) is 0 Å². The molecule has 1 saturated heterocycles. The summed E-state index contributed by atoms with van der Waals surface area (Å²) in [7, 11) is 1.61. The second-order valence-electron chi connectivity index (χ2n) is 5.06. The van der Waals surface area contributed by atoms with Crippen LogP contribution in [0.3, 0.4) is 0 Å². The van der Waals surface area contributed by atoms with Gasteiger partial charge >= 0.3 is 0 Å². The molecule has 0 unspecified atom stereocenters. The predicted octanol–water partition coefficient (Wildman–Crippen LogP) is 2.75. The van der Waals surface area contributed by atoms with E-state index in [1.54, 1.807) is 13.2 Å². The van der Waals surface area contributed by atoms with Crippen LogP contribution in [-0.2, 0) is 0 Å². The first-order chi connectivity index (χ1) is 9.76. The van der Waals surface area contributed by atoms with Gasteiger partial charge in [-0.2, -0.15) is 0 Å². The van der Waals surface area contributed by atoms with Crippen molar-refractivity contribution in [3.8, 4) is 5.75 Å². The first-order valence-electron chi connectivity index (χ1n) is 7.15. The number of methoxy groups -OCH3 is 1. The quantitative estimate of drug-likeness (QED) is 0.810. The van der Waals surface area contributed by atoms with Crippen LogP contribution in [0.1, 0.15) is 24.4 Å². The van der Waals surface area contributed by atoms with Gasteiger partial charge in [0.05, 0.1) is 7.11 Å². The first kappa shape index (κ1) is 15.0. The van der Waals surface area contributed by atoms with Gasteiger partial charge in [-0.3, -0.25) is 4.90 Å². The number of piperazine rings is 1. The van der Waals surface area contributed by atoms with E-state index in [0.717, 1.165) is 44.6 Å². The molecule has 3 nitrogen and oxygen atoms in total. The zero-order valence-corrected chi connectivity index (χ0v) is 12.1. The molecule has 1 heterocycles. The molecule has 2 rings (SSSR count). The van der Waals surface area contributed by atoms with E-state index in [4.69, 9.17) is 4.74 Å². The van der Waals surface area contributed by atoms with Gasteiger partial charge in [0.25, 0.3) is 0 Å². The van der Waals surface area contributed by atoms with E-state index in [0.29, 0.717) is 5.75 Å². The fourth-order valence-corrected chi connectivity index (χ4v) is 2.71. The van der Waals surface area contributed by atoms with E-state index in [-0.39, 0.29) is 11.9 Å². The number of benzene rings is 1. The average Bonchev–Trinajstić information content (AvgIpc) is 2.50. The molecule has 0 radical (unpaired) electrons. The van der Waals surface area contributed by atoms with Crippen LogP contribution in [0.25, 0.3) is 0 Å². The summed E-state index contributed by atoms with van der Waals surface area (Å²) >= 11 is 0. The molecule has 1 aliphatic rings. The highest BCUT2D eigenvalue weighted by Gasteiger charge is 2.24. The summed E-state index contributed by atoms with van der Waals surface area (Å²) in [5.74, 6) is 0.554. The summed E-state index contributed by atoms with van der Waals surface area (Å²) in [5.41, 5.74) is 0.730. The Labute approximate surface area is 120 Å². The van der Waals surface area contributed by atoms with E-state index in [2.05, 4.69) is 16.8 Å². The number of ether oxygens (including phenoxy) is 1. The standard InChI is InChI=1S/C16H23FN2O/c1-3-4-5-16(19-10-8-18-9-11-19)14-12-13(20-2)6-7-15(14)17/h3,6-7,12,16,18H,1,4-5,8-11H2,2H3/t16-/m0/s1. The lowest BCUT2D eigenvalue weighted by Gasteiger charge is -2.35. The third-order valence-corrected chi connectivity index (χ3v) is 3.80. The van der Waals surface area contributed by atoms with E-state index in [1.165, 1.54) is 6.07 Å². The fraction of sp³-hybridized carbons (Fsp3) is 0.500. The van der Waals surface area contributed by atoms with Crippen molar-refractivity contribution in [1.82, 2.24) is 10.2 Å². The Morgan fingerprint density at radius 3 is 2.85 bits per heavy atom. The number of nitrogens with one attached hydrogen (secondary N) is 1. The summed E-state index contributed by atoms with van der Waals surface area (Å²) in [6.07, 6.45) is 3.66. The van der Waals surface area contributed by atoms with Crippen LogP contribution >= 0.6 is 0 Å². The zero-order chi connectivity index (χ0) is 14.4. The molecule has 0 saturated carbocycles. The number of nitrogens with zero attached hydrogens (tertiary/aromatic N) is 1. The second kappa shape index (κ2) is 7.41. The Hall–Kier alpha value is -1.39. The lowest BCUT2D eigenvalue weighted by atomic mass is 9.98. The monoisotopic (exact) mass is 278 g/mol. The van der Waals surface area contributed by atoms with Crippen LogP contribution in [0.15, 0.2) is 30.9 Å². The summed E-state index contributed by atoms with van der Waals surface area (Å²) in [5, 5.41) is 3.33. The van der Waals surface area contributed by atoms with Gasteiger partial charge in [-0.05, 0) is 31.0 Å². The van der Waals surface area contributed by atoms with Gasteiger partial charge in [-0.25, -0.2) is 4.39 Å². The minimum Gasteiger partial charge on any atom is -0.497 e. The molecule has 1 fully saturated rings. The van der Waals surface area contributed by atoms with Crippen molar-refractivity contribution in [1.29, 1.82) is 0 Å². The Bertz CT molecular complexity index is 444. The van der Waals surface area contributed by atoms with Gasteiger partial charge in [-0.15, -0.1) is 6.58 Å². The third kappa shape index (κ3) is 3.58. The zero-order valence-electron chi connectivity index (χ0n) is 12.1. The molecule has 4 heteroatoms. The Kier molecular flexibility index (Phi) is 5.56. The maximum Gasteiger partial charge on any atom is 0.128 e. The normalized spacial score (nSPS) is 17.7. The summed E-state index contributed by atoms with van der Waals surface area (Å²) in [4.78, 5) is 2.35. The van der Waals surface area contributed by atoms with Crippen molar-refractivity contribution >= 4 is 0 Å².